The van der Waals surface area contributed by atoms with Gasteiger partial charge in [-0.05, 0) is 43.4 Å². The van der Waals surface area contributed by atoms with Crippen LogP contribution in [0.5, 0.6) is 0 Å². The molecule has 1 saturated carbocycles. The van der Waals surface area contributed by atoms with E-state index in [0.29, 0.717) is 18.1 Å². The Hall–Kier alpha value is -1.35. The summed E-state index contributed by atoms with van der Waals surface area (Å²) < 4.78 is 4.94. The molecule has 92 valence electrons. The average Bonchev–Trinajstić information content (AvgIpc) is 2.27. The number of hydrogen-bond donors (Lipinski definition) is 1. The molecule has 1 fully saturated rings. The van der Waals surface area contributed by atoms with Gasteiger partial charge in [0, 0.05) is 6.04 Å². The summed E-state index contributed by atoms with van der Waals surface area (Å²) in [6, 6.07) is 7.59. The molecule has 0 aliphatic heterocycles. The van der Waals surface area contributed by atoms with Crippen LogP contribution in [0.3, 0.4) is 0 Å². The zero-order chi connectivity index (χ0) is 12.3. The third-order valence-corrected chi connectivity index (χ3v) is 3.46. The highest BCUT2D eigenvalue weighted by Crippen LogP contribution is 2.36. The number of hydrogen-bond acceptors (Lipinski definition) is 3. The standard InChI is InChI=1S/C14H19NO2/c1-2-17-14(16)12-8-6-11(7-9-12)13(15)10-4-3-5-10/h6-10,13H,2-5,15H2,1H3. The molecule has 0 aromatic heterocycles. The molecule has 3 nitrogen and oxygen atoms in total. The Kier molecular flexibility index (Phi) is 3.79. The topological polar surface area (TPSA) is 52.3 Å². The smallest absolute Gasteiger partial charge is 0.338 e. The number of ether oxygens (including phenoxy) is 1. The lowest BCUT2D eigenvalue weighted by atomic mass is 9.77. The van der Waals surface area contributed by atoms with Gasteiger partial charge in [-0.25, -0.2) is 4.79 Å². The van der Waals surface area contributed by atoms with Gasteiger partial charge in [-0.2, -0.15) is 0 Å². The predicted octanol–water partition coefficient (Wildman–Crippen LogP) is 2.66. The van der Waals surface area contributed by atoms with Crippen molar-refractivity contribution in [3.8, 4) is 0 Å². The van der Waals surface area contributed by atoms with Crippen LogP contribution in [-0.2, 0) is 4.74 Å². The maximum Gasteiger partial charge on any atom is 0.338 e. The van der Waals surface area contributed by atoms with E-state index in [-0.39, 0.29) is 12.0 Å². The van der Waals surface area contributed by atoms with Crippen LogP contribution in [0.2, 0.25) is 0 Å². The van der Waals surface area contributed by atoms with Crippen molar-refractivity contribution in [1.82, 2.24) is 0 Å². The summed E-state index contributed by atoms with van der Waals surface area (Å²) in [5, 5.41) is 0. The minimum atomic E-state index is -0.267. The van der Waals surface area contributed by atoms with Crippen LogP contribution >= 0.6 is 0 Å². The molecule has 1 aliphatic carbocycles. The van der Waals surface area contributed by atoms with E-state index < -0.39 is 0 Å². The molecule has 2 N–H and O–H groups in total. The molecule has 17 heavy (non-hydrogen) atoms. The van der Waals surface area contributed by atoms with Gasteiger partial charge in [0.05, 0.1) is 12.2 Å². The van der Waals surface area contributed by atoms with Crippen molar-refractivity contribution >= 4 is 5.97 Å². The molecule has 1 aromatic carbocycles. The SMILES string of the molecule is CCOC(=O)c1ccc(C(N)C2CCC2)cc1. The Morgan fingerprint density at radius 3 is 2.53 bits per heavy atom. The first-order chi connectivity index (χ1) is 8.22. The van der Waals surface area contributed by atoms with Gasteiger partial charge in [0.25, 0.3) is 0 Å². The van der Waals surface area contributed by atoms with Crippen molar-refractivity contribution in [3.05, 3.63) is 35.4 Å². The summed E-state index contributed by atoms with van der Waals surface area (Å²) in [5.74, 6) is 0.347. The minimum absolute atomic E-state index is 0.111. The van der Waals surface area contributed by atoms with Gasteiger partial charge < -0.3 is 10.5 Å². The molecule has 0 saturated heterocycles. The number of benzene rings is 1. The van der Waals surface area contributed by atoms with Crippen LogP contribution in [0.15, 0.2) is 24.3 Å². The van der Waals surface area contributed by atoms with Crippen LogP contribution in [0, 0.1) is 5.92 Å². The first-order valence-electron chi connectivity index (χ1n) is 6.25. The van der Waals surface area contributed by atoms with Crippen molar-refractivity contribution in [2.24, 2.45) is 11.7 Å². The highest BCUT2D eigenvalue weighted by atomic mass is 16.5. The summed E-state index contributed by atoms with van der Waals surface area (Å²) in [4.78, 5) is 11.5. The summed E-state index contributed by atoms with van der Waals surface area (Å²) in [5.41, 5.74) is 7.88. The zero-order valence-electron chi connectivity index (χ0n) is 10.2. The molecule has 0 spiro atoms. The zero-order valence-corrected chi connectivity index (χ0v) is 10.2. The second-order valence-electron chi connectivity index (χ2n) is 4.56. The normalized spacial score (nSPS) is 17.3. The van der Waals surface area contributed by atoms with E-state index in [1.54, 1.807) is 19.1 Å². The molecule has 3 heteroatoms. The third-order valence-electron chi connectivity index (χ3n) is 3.46. The Bertz CT molecular complexity index is 382. The fourth-order valence-electron chi connectivity index (χ4n) is 2.13. The molecule has 1 unspecified atom stereocenters. The maximum atomic E-state index is 11.5. The van der Waals surface area contributed by atoms with E-state index in [2.05, 4.69) is 0 Å². The highest BCUT2D eigenvalue weighted by Gasteiger charge is 2.25. The Balaban J connectivity index is 2.04. The Morgan fingerprint density at radius 1 is 1.41 bits per heavy atom. The Labute approximate surface area is 102 Å². The molecule has 1 atom stereocenters. The van der Waals surface area contributed by atoms with Gasteiger partial charge in [-0.1, -0.05) is 18.6 Å². The summed E-state index contributed by atoms with van der Waals surface area (Å²) >= 11 is 0. The van der Waals surface area contributed by atoms with Crippen molar-refractivity contribution < 1.29 is 9.53 Å². The summed E-state index contributed by atoms with van der Waals surface area (Å²) in [7, 11) is 0. The molecule has 0 radical (unpaired) electrons. The van der Waals surface area contributed by atoms with E-state index in [9.17, 15) is 4.79 Å². The summed E-state index contributed by atoms with van der Waals surface area (Å²) in [6.07, 6.45) is 3.74. The van der Waals surface area contributed by atoms with Crippen molar-refractivity contribution in [3.63, 3.8) is 0 Å². The highest BCUT2D eigenvalue weighted by molar-refractivity contribution is 5.89. The largest absolute Gasteiger partial charge is 0.462 e. The number of carbonyl (C=O) groups excluding carboxylic acids is 1. The molecule has 0 amide bonds. The van der Waals surface area contributed by atoms with Crippen LogP contribution in [0.25, 0.3) is 0 Å². The number of carbonyl (C=O) groups is 1. The number of esters is 1. The monoisotopic (exact) mass is 233 g/mol. The van der Waals surface area contributed by atoms with Crippen LogP contribution < -0.4 is 5.73 Å². The molecular formula is C14H19NO2. The van der Waals surface area contributed by atoms with Gasteiger partial charge in [0.2, 0.25) is 0 Å². The number of rotatable bonds is 4. The van der Waals surface area contributed by atoms with Crippen molar-refractivity contribution in [2.45, 2.75) is 32.2 Å². The lowest BCUT2D eigenvalue weighted by Gasteiger charge is -2.31. The van der Waals surface area contributed by atoms with Crippen LogP contribution in [-0.4, -0.2) is 12.6 Å². The van der Waals surface area contributed by atoms with Crippen LogP contribution in [0.1, 0.15) is 48.1 Å². The van der Waals surface area contributed by atoms with Crippen molar-refractivity contribution in [2.75, 3.05) is 6.61 Å². The quantitative estimate of drug-likeness (QED) is 0.813. The lowest BCUT2D eigenvalue weighted by Crippen LogP contribution is -2.26. The first kappa shape index (κ1) is 12.1. The average molecular weight is 233 g/mol. The molecule has 1 aliphatic rings. The third kappa shape index (κ3) is 2.67. The minimum Gasteiger partial charge on any atom is -0.462 e. The van der Waals surface area contributed by atoms with E-state index in [0.717, 1.165) is 5.56 Å². The van der Waals surface area contributed by atoms with Gasteiger partial charge in [0.1, 0.15) is 0 Å². The van der Waals surface area contributed by atoms with E-state index in [4.69, 9.17) is 10.5 Å². The fraction of sp³-hybridized carbons (Fsp3) is 0.500. The van der Waals surface area contributed by atoms with Gasteiger partial charge in [-0.15, -0.1) is 0 Å². The molecule has 1 aromatic rings. The second-order valence-corrected chi connectivity index (χ2v) is 4.56. The predicted molar refractivity (Wildman–Crippen MR) is 66.7 cm³/mol. The van der Waals surface area contributed by atoms with Gasteiger partial charge in [0.15, 0.2) is 0 Å². The second kappa shape index (κ2) is 5.32. The van der Waals surface area contributed by atoms with Crippen molar-refractivity contribution in [1.29, 1.82) is 0 Å². The lowest BCUT2D eigenvalue weighted by molar-refractivity contribution is 0.0526. The summed E-state index contributed by atoms with van der Waals surface area (Å²) in [6.45, 7) is 2.21. The van der Waals surface area contributed by atoms with Gasteiger partial charge in [-0.3, -0.25) is 0 Å². The maximum absolute atomic E-state index is 11.5. The molecule has 0 heterocycles. The fourth-order valence-corrected chi connectivity index (χ4v) is 2.13. The van der Waals surface area contributed by atoms with Crippen LogP contribution in [0.4, 0.5) is 0 Å². The van der Waals surface area contributed by atoms with E-state index in [1.807, 2.05) is 12.1 Å². The first-order valence-corrected chi connectivity index (χ1v) is 6.25. The van der Waals surface area contributed by atoms with E-state index >= 15 is 0 Å². The molecular weight excluding hydrogens is 214 g/mol. The number of nitrogens with two attached hydrogens (primary N) is 1. The molecule has 0 bridgehead atoms. The Morgan fingerprint density at radius 2 is 2.06 bits per heavy atom. The van der Waals surface area contributed by atoms with Gasteiger partial charge >= 0.3 is 5.97 Å². The molecule has 2 rings (SSSR count). The van der Waals surface area contributed by atoms with E-state index in [1.165, 1.54) is 19.3 Å².